The van der Waals surface area contributed by atoms with Crippen LogP contribution < -0.4 is 5.32 Å². The molecule has 0 saturated carbocycles. The van der Waals surface area contributed by atoms with Crippen LogP contribution in [-0.4, -0.2) is 68.2 Å². The number of nitrogens with zero attached hydrogens (tertiary/aromatic N) is 1. The van der Waals surface area contributed by atoms with Crippen LogP contribution in [0.5, 0.6) is 0 Å². The molecule has 1 atom stereocenters. The smallest absolute Gasteiger partial charge is 0.409 e. The molecular formula is C13H26N2O4. The molecule has 1 unspecified atom stereocenters. The predicted molar refractivity (Wildman–Crippen MR) is 72.1 cm³/mol. The Balaban J connectivity index is 2.30. The number of amides is 1. The molecule has 1 rings (SSSR count). The highest BCUT2D eigenvalue weighted by Crippen LogP contribution is 2.12. The van der Waals surface area contributed by atoms with Crippen molar-refractivity contribution in [2.45, 2.75) is 38.3 Å². The number of ether oxygens (including phenoxy) is 2. The van der Waals surface area contributed by atoms with Gasteiger partial charge in [0.2, 0.25) is 0 Å². The van der Waals surface area contributed by atoms with E-state index in [9.17, 15) is 4.79 Å². The molecule has 2 N–H and O–H groups in total. The van der Waals surface area contributed by atoms with E-state index in [1.54, 1.807) is 12.0 Å². The van der Waals surface area contributed by atoms with Gasteiger partial charge >= 0.3 is 6.09 Å². The van der Waals surface area contributed by atoms with E-state index in [-0.39, 0.29) is 18.7 Å². The highest BCUT2D eigenvalue weighted by Gasteiger charge is 2.24. The van der Waals surface area contributed by atoms with E-state index in [1.807, 2.05) is 6.92 Å². The van der Waals surface area contributed by atoms with Crippen LogP contribution >= 0.6 is 0 Å². The molecule has 1 fully saturated rings. The molecule has 0 bridgehead atoms. The lowest BCUT2D eigenvalue weighted by Gasteiger charge is -2.33. The third kappa shape index (κ3) is 5.76. The summed E-state index contributed by atoms with van der Waals surface area (Å²) in [6.45, 7) is 4.42. The minimum atomic E-state index is -0.218. The number of piperidine rings is 1. The maximum Gasteiger partial charge on any atom is 0.409 e. The first-order valence-electron chi connectivity index (χ1n) is 6.98. The number of hydrogen-bond acceptors (Lipinski definition) is 5. The molecular weight excluding hydrogens is 248 g/mol. The molecule has 0 radical (unpaired) electrons. The van der Waals surface area contributed by atoms with Crippen LogP contribution in [0.1, 0.15) is 26.2 Å². The number of nitrogens with one attached hydrogen (secondary N) is 1. The molecule has 0 aromatic heterocycles. The number of aliphatic hydroxyl groups is 1. The average molecular weight is 274 g/mol. The fourth-order valence-electron chi connectivity index (χ4n) is 2.35. The molecule has 19 heavy (non-hydrogen) atoms. The van der Waals surface area contributed by atoms with Crippen molar-refractivity contribution < 1.29 is 19.4 Å². The van der Waals surface area contributed by atoms with Crippen molar-refractivity contribution in [2.75, 3.05) is 40.0 Å². The van der Waals surface area contributed by atoms with Crippen LogP contribution in [0.2, 0.25) is 0 Å². The lowest BCUT2D eigenvalue weighted by atomic mass is 10.0. The zero-order chi connectivity index (χ0) is 14.1. The fourth-order valence-corrected chi connectivity index (χ4v) is 2.35. The molecule has 1 aliphatic rings. The maximum atomic E-state index is 11.6. The maximum absolute atomic E-state index is 11.6. The summed E-state index contributed by atoms with van der Waals surface area (Å²) in [5, 5.41) is 12.5. The molecule has 0 aliphatic carbocycles. The van der Waals surface area contributed by atoms with E-state index in [2.05, 4.69) is 5.32 Å². The predicted octanol–water partition coefficient (Wildman–Crippen LogP) is 0.594. The lowest BCUT2D eigenvalue weighted by molar-refractivity contribution is 0.0899. The number of methoxy groups -OCH3 is 1. The molecule has 112 valence electrons. The Morgan fingerprint density at radius 1 is 1.47 bits per heavy atom. The van der Waals surface area contributed by atoms with Gasteiger partial charge in [-0.25, -0.2) is 4.79 Å². The summed E-state index contributed by atoms with van der Waals surface area (Å²) in [5.74, 6) is 0. The Morgan fingerprint density at radius 3 is 2.68 bits per heavy atom. The molecule has 1 heterocycles. The SMILES string of the molecule is CCOC(=O)N1CCC(NC(CCO)COC)CC1. The highest BCUT2D eigenvalue weighted by molar-refractivity contribution is 5.67. The Bertz CT molecular complexity index is 249. The zero-order valence-corrected chi connectivity index (χ0v) is 11.9. The average Bonchev–Trinajstić information content (AvgIpc) is 2.40. The fraction of sp³-hybridized carbons (Fsp3) is 0.923. The first-order chi connectivity index (χ1) is 9.21. The van der Waals surface area contributed by atoms with Crippen molar-refractivity contribution in [3.05, 3.63) is 0 Å². The Kier molecular flexibility index (Phi) is 7.78. The van der Waals surface area contributed by atoms with Gasteiger partial charge in [0.25, 0.3) is 0 Å². The summed E-state index contributed by atoms with van der Waals surface area (Å²) in [6.07, 6.45) is 2.28. The number of aliphatic hydroxyl groups excluding tert-OH is 1. The third-order valence-corrected chi connectivity index (χ3v) is 3.34. The number of carbonyl (C=O) groups is 1. The van der Waals surface area contributed by atoms with Gasteiger partial charge in [-0.05, 0) is 26.2 Å². The van der Waals surface area contributed by atoms with Gasteiger partial charge in [-0.1, -0.05) is 0 Å². The van der Waals surface area contributed by atoms with Gasteiger partial charge in [0.05, 0.1) is 13.2 Å². The standard InChI is InChI=1S/C13H26N2O4/c1-3-19-13(17)15-7-4-11(5-8-15)14-12(6-9-16)10-18-2/h11-12,14,16H,3-10H2,1-2H3. The zero-order valence-electron chi connectivity index (χ0n) is 11.9. The van der Waals surface area contributed by atoms with E-state index in [1.165, 1.54) is 0 Å². The van der Waals surface area contributed by atoms with Crippen LogP contribution in [0.3, 0.4) is 0 Å². The van der Waals surface area contributed by atoms with Crippen LogP contribution in [0.25, 0.3) is 0 Å². The molecule has 1 saturated heterocycles. The Hall–Kier alpha value is -0.850. The summed E-state index contributed by atoms with van der Waals surface area (Å²) >= 11 is 0. The highest BCUT2D eigenvalue weighted by atomic mass is 16.6. The van der Waals surface area contributed by atoms with E-state index in [4.69, 9.17) is 14.6 Å². The minimum absolute atomic E-state index is 0.155. The summed E-state index contributed by atoms with van der Waals surface area (Å²) in [7, 11) is 1.66. The molecule has 0 aromatic rings. The Labute approximate surface area is 115 Å². The van der Waals surface area contributed by atoms with Crippen molar-refractivity contribution in [3.63, 3.8) is 0 Å². The monoisotopic (exact) mass is 274 g/mol. The second-order valence-electron chi connectivity index (χ2n) is 4.79. The number of likely N-dealkylation sites (tertiary alicyclic amines) is 1. The molecule has 0 spiro atoms. The lowest BCUT2D eigenvalue weighted by Crippen LogP contribution is -2.49. The van der Waals surface area contributed by atoms with E-state index in [0.29, 0.717) is 25.7 Å². The molecule has 0 aromatic carbocycles. The third-order valence-electron chi connectivity index (χ3n) is 3.34. The van der Waals surface area contributed by atoms with Crippen molar-refractivity contribution in [2.24, 2.45) is 0 Å². The number of carbonyl (C=O) groups excluding carboxylic acids is 1. The van der Waals surface area contributed by atoms with Crippen molar-refractivity contribution in [1.29, 1.82) is 0 Å². The van der Waals surface area contributed by atoms with E-state index < -0.39 is 0 Å². The van der Waals surface area contributed by atoms with E-state index in [0.717, 1.165) is 25.9 Å². The van der Waals surface area contributed by atoms with Gasteiger partial charge in [-0.3, -0.25) is 0 Å². The summed E-state index contributed by atoms with van der Waals surface area (Å²) in [4.78, 5) is 13.3. The van der Waals surface area contributed by atoms with Gasteiger partial charge < -0.3 is 24.8 Å². The quantitative estimate of drug-likeness (QED) is 0.711. The van der Waals surface area contributed by atoms with Crippen LogP contribution in [0.4, 0.5) is 4.79 Å². The summed E-state index contributed by atoms with van der Waals surface area (Å²) < 4.78 is 10.1. The van der Waals surface area contributed by atoms with E-state index >= 15 is 0 Å². The first-order valence-corrected chi connectivity index (χ1v) is 6.98. The van der Waals surface area contributed by atoms with Gasteiger partial charge in [0.15, 0.2) is 0 Å². The normalized spacial score (nSPS) is 18.4. The first kappa shape index (κ1) is 16.2. The molecule has 1 amide bonds. The van der Waals surface area contributed by atoms with Crippen LogP contribution in [-0.2, 0) is 9.47 Å². The molecule has 6 nitrogen and oxygen atoms in total. The summed E-state index contributed by atoms with van der Waals surface area (Å²) in [6, 6.07) is 0.548. The second-order valence-corrected chi connectivity index (χ2v) is 4.79. The van der Waals surface area contributed by atoms with Crippen molar-refractivity contribution in [3.8, 4) is 0 Å². The second kappa shape index (κ2) is 9.12. The summed E-state index contributed by atoms with van der Waals surface area (Å²) in [5.41, 5.74) is 0. The largest absolute Gasteiger partial charge is 0.450 e. The topological polar surface area (TPSA) is 71.0 Å². The number of hydrogen-bond donors (Lipinski definition) is 2. The molecule has 1 aliphatic heterocycles. The minimum Gasteiger partial charge on any atom is -0.450 e. The van der Waals surface area contributed by atoms with Gasteiger partial charge in [0, 0.05) is 38.9 Å². The van der Waals surface area contributed by atoms with Crippen molar-refractivity contribution >= 4 is 6.09 Å². The van der Waals surface area contributed by atoms with Gasteiger partial charge in [0.1, 0.15) is 0 Å². The van der Waals surface area contributed by atoms with Crippen LogP contribution in [0.15, 0.2) is 0 Å². The molecule has 6 heteroatoms. The van der Waals surface area contributed by atoms with Gasteiger partial charge in [-0.2, -0.15) is 0 Å². The van der Waals surface area contributed by atoms with Crippen molar-refractivity contribution in [1.82, 2.24) is 10.2 Å². The van der Waals surface area contributed by atoms with Gasteiger partial charge in [-0.15, -0.1) is 0 Å². The van der Waals surface area contributed by atoms with Crippen LogP contribution in [0, 0.1) is 0 Å². The Morgan fingerprint density at radius 2 is 2.16 bits per heavy atom. The number of rotatable bonds is 7.